The van der Waals surface area contributed by atoms with E-state index in [4.69, 9.17) is 4.98 Å². The summed E-state index contributed by atoms with van der Waals surface area (Å²) in [7, 11) is -3.64. The highest BCUT2D eigenvalue weighted by Gasteiger charge is 2.33. The minimum Gasteiger partial charge on any atom is -0.345 e. The van der Waals surface area contributed by atoms with Crippen molar-refractivity contribution in [1.29, 1.82) is 0 Å². The van der Waals surface area contributed by atoms with Crippen LogP contribution in [0.3, 0.4) is 0 Å². The highest BCUT2D eigenvalue weighted by atomic mass is 32.2. The molecule has 0 saturated carbocycles. The van der Waals surface area contributed by atoms with Crippen LogP contribution in [0.5, 0.6) is 0 Å². The van der Waals surface area contributed by atoms with E-state index in [9.17, 15) is 26.4 Å². The molecule has 2 saturated heterocycles. The lowest BCUT2D eigenvalue weighted by Crippen LogP contribution is -2.46. The summed E-state index contributed by atoms with van der Waals surface area (Å²) in [5, 5.41) is 3.42. The average molecular weight is 679 g/mol. The molecule has 1 aromatic heterocycles. The molecule has 7 nitrogen and oxygen atoms in total. The molecular formula is C37H41F3N4O3S. The molecule has 0 bridgehead atoms. The molecule has 2 aliphatic heterocycles. The van der Waals surface area contributed by atoms with Gasteiger partial charge in [-0.3, -0.25) is 9.69 Å². The van der Waals surface area contributed by atoms with Crippen molar-refractivity contribution in [2.75, 3.05) is 32.4 Å². The van der Waals surface area contributed by atoms with E-state index in [1.54, 1.807) is 6.07 Å². The first-order chi connectivity index (χ1) is 22.9. The number of aromatic nitrogens is 1. The van der Waals surface area contributed by atoms with Crippen LogP contribution in [0.4, 0.5) is 13.2 Å². The topological polar surface area (TPSA) is 82.6 Å². The van der Waals surface area contributed by atoms with Gasteiger partial charge in [0.2, 0.25) is 0 Å². The third-order valence-electron chi connectivity index (χ3n) is 9.67. The molecule has 11 heteroatoms. The third-order valence-corrected chi connectivity index (χ3v) is 10.8. The molecular weight excluding hydrogens is 637 g/mol. The van der Waals surface area contributed by atoms with Gasteiger partial charge < -0.3 is 10.2 Å². The highest BCUT2D eigenvalue weighted by molar-refractivity contribution is 7.90. The number of pyridine rings is 1. The van der Waals surface area contributed by atoms with Crippen molar-refractivity contribution < 1.29 is 26.4 Å². The zero-order valence-corrected chi connectivity index (χ0v) is 28.1. The second kappa shape index (κ2) is 14.0. The maximum atomic E-state index is 14.4. The van der Waals surface area contributed by atoms with Gasteiger partial charge in [0.15, 0.2) is 9.84 Å². The Morgan fingerprint density at radius 1 is 0.938 bits per heavy atom. The van der Waals surface area contributed by atoms with Crippen LogP contribution >= 0.6 is 0 Å². The largest absolute Gasteiger partial charge is 0.416 e. The number of nitrogens with zero attached hydrogens (tertiary/aromatic N) is 3. The first-order valence-electron chi connectivity index (χ1n) is 16.5. The minimum atomic E-state index is -4.57. The van der Waals surface area contributed by atoms with Crippen LogP contribution in [0.25, 0.3) is 22.2 Å². The number of benzene rings is 3. The second-order valence-electron chi connectivity index (χ2n) is 13.1. The molecule has 3 aromatic carbocycles. The van der Waals surface area contributed by atoms with E-state index in [2.05, 4.69) is 15.1 Å². The van der Waals surface area contributed by atoms with E-state index in [1.807, 2.05) is 37.3 Å². The van der Waals surface area contributed by atoms with Crippen molar-refractivity contribution >= 4 is 26.6 Å². The van der Waals surface area contributed by atoms with Crippen molar-refractivity contribution in [1.82, 2.24) is 20.1 Å². The number of carbonyl (C=O) groups is 1. The Bertz CT molecular complexity index is 1890. The van der Waals surface area contributed by atoms with Gasteiger partial charge in [-0.1, -0.05) is 48.9 Å². The number of likely N-dealkylation sites (tertiary alicyclic amines) is 2. The summed E-state index contributed by atoms with van der Waals surface area (Å²) < 4.78 is 67.1. The number of fused-ring (bicyclic) bond motifs is 1. The number of rotatable bonds is 8. The van der Waals surface area contributed by atoms with Gasteiger partial charge in [0.1, 0.15) is 0 Å². The fraction of sp³-hybridized carbons (Fsp3) is 0.405. The quantitative estimate of drug-likeness (QED) is 0.211. The predicted molar refractivity (Wildman–Crippen MR) is 181 cm³/mol. The molecule has 1 N–H and O–H groups in total. The fourth-order valence-corrected chi connectivity index (χ4v) is 7.70. The van der Waals surface area contributed by atoms with Gasteiger partial charge in [0, 0.05) is 35.4 Å². The number of halogens is 3. The molecule has 6 rings (SSSR count). The van der Waals surface area contributed by atoms with Crippen molar-refractivity contribution in [2.24, 2.45) is 0 Å². The summed E-state index contributed by atoms with van der Waals surface area (Å²) in [6.45, 7) is 5.85. The molecule has 254 valence electrons. The van der Waals surface area contributed by atoms with Crippen molar-refractivity contribution in [3.8, 4) is 11.3 Å². The minimum absolute atomic E-state index is 0.0297. The first kappa shape index (κ1) is 34.1. The molecule has 1 atom stereocenters. The predicted octanol–water partition coefficient (Wildman–Crippen LogP) is 7.27. The van der Waals surface area contributed by atoms with Crippen LogP contribution in [0.15, 0.2) is 77.7 Å². The van der Waals surface area contributed by atoms with Crippen LogP contribution in [-0.2, 0) is 22.6 Å². The zero-order valence-electron chi connectivity index (χ0n) is 27.3. The zero-order chi connectivity index (χ0) is 34.1. The second-order valence-corrected chi connectivity index (χ2v) is 15.1. The van der Waals surface area contributed by atoms with Gasteiger partial charge in [-0.05, 0) is 94.7 Å². The smallest absolute Gasteiger partial charge is 0.345 e. The lowest BCUT2D eigenvalue weighted by atomic mass is 9.93. The maximum Gasteiger partial charge on any atom is 0.416 e. The average Bonchev–Trinajstić information content (AvgIpc) is 3.08. The lowest BCUT2D eigenvalue weighted by Gasteiger charge is -2.40. The van der Waals surface area contributed by atoms with Crippen molar-refractivity contribution in [2.45, 2.75) is 68.7 Å². The Hall–Kier alpha value is -3.80. The molecule has 48 heavy (non-hydrogen) atoms. The molecule has 3 heterocycles. The van der Waals surface area contributed by atoms with Crippen LogP contribution in [0, 0.1) is 0 Å². The highest BCUT2D eigenvalue weighted by Crippen LogP contribution is 2.37. The monoisotopic (exact) mass is 678 g/mol. The first-order valence-corrected chi connectivity index (χ1v) is 18.4. The van der Waals surface area contributed by atoms with Crippen LogP contribution in [-0.4, -0.2) is 67.6 Å². The Balaban J connectivity index is 1.48. The van der Waals surface area contributed by atoms with Crippen molar-refractivity contribution in [3.63, 3.8) is 0 Å². The lowest BCUT2D eigenvalue weighted by molar-refractivity contribution is -0.137. The summed E-state index contributed by atoms with van der Waals surface area (Å²) in [5.74, 6) is -0.448. The summed E-state index contributed by atoms with van der Waals surface area (Å²) in [6.07, 6.45) is 2.10. The Kier molecular flexibility index (Phi) is 9.92. The third kappa shape index (κ3) is 7.58. The molecule has 0 radical (unpaired) electrons. The number of alkyl halides is 3. The van der Waals surface area contributed by atoms with Crippen LogP contribution in [0.2, 0.25) is 0 Å². The SMILES string of the molecule is C[C@H](NC(=O)c1c(CN2CCC(N3CCCCC3)CC2)c(-c2cccc(C(F)(F)F)c2)nc2ccc(S(C)(=O)=O)cc12)c1ccccc1. The Morgan fingerprint density at radius 3 is 2.31 bits per heavy atom. The number of carbonyl (C=O) groups excluding carboxylic acids is 1. The summed E-state index contributed by atoms with van der Waals surface area (Å²) in [6, 6.07) is 18.9. The van der Waals surface area contributed by atoms with E-state index in [-0.39, 0.29) is 28.3 Å². The molecule has 0 unspecified atom stereocenters. The van der Waals surface area contributed by atoms with Gasteiger partial charge in [0.05, 0.1) is 33.3 Å². The fourth-order valence-electron chi connectivity index (χ4n) is 7.05. The maximum absolute atomic E-state index is 14.4. The number of piperidine rings is 2. The molecule has 2 aliphatic rings. The number of hydrogen-bond donors (Lipinski definition) is 1. The Morgan fingerprint density at radius 2 is 1.65 bits per heavy atom. The Labute approximate surface area is 280 Å². The molecule has 1 amide bonds. The van der Waals surface area contributed by atoms with Gasteiger partial charge in [-0.2, -0.15) is 13.2 Å². The summed E-state index contributed by atoms with van der Waals surface area (Å²) in [4.78, 5) is 24.1. The van der Waals surface area contributed by atoms with E-state index >= 15 is 0 Å². The standard InChI is InChI=1S/C37H41F3N4O3S/c1-25(26-10-5-3-6-11-26)41-36(45)34-31-23-30(48(2,46)47)14-15-33(31)42-35(27-12-9-13-28(22-27)37(38,39)40)32(34)24-43-20-16-29(17-21-43)44-18-7-4-8-19-44/h3,5-6,9-15,22-23,25,29H,4,7-8,16-21,24H2,1-2H3,(H,41,45)/t25-/m0/s1. The van der Waals surface area contributed by atoms with Crippen LogP contribution < -0.4 is 5.32 Å². The molecule has 0 aliphatic carbocycles. The number of sulfone groups is 1. The summed E-state index contributed by atoms with van der Waals surface area (Å²) in [5.41, 5.74) is 1.59. The van der Waals surface area contributed by atoms with E-state index in [1.165, 1.54) is 43.5 Å². The van der Waals surface area contributed by atoms with Gasteiger partial charge >= 0.3 is 6.18 Å². The molecule has 0 spiro atoms. The molecule has 2 fully saturated rings. The van der Waals surface area contributed by atoms with E-state index < -0.39 is 33.5 Å². The van der Waals surface area contributed by atoms with Gasteiger partial charge in [0.25, 0.3) is 5.91 Å². The van der Waals surface area contributed by atoms with E-state index in [0.29, 0.717) is 22.5 Å². The van der Waals surface area contributed by atoms with Crippen LogP contribution in [0.1, 0.15) is 72.1 Å². The van der Waals surface area contributed by atoms with Crippen molar-refractivity contribution in [3.05, 3.63) is 95.1 Å². The number of nitrogens with one attached hydrogen (secondary N) is 1. The normalized spacial score (nSPS) is 17.8. The van der Waals surface area contributed by atoms with E-state index in [0.717, 1.165) is 63.0 Å². The number of amides is 1. The summed E-state index contributed by atoms with van der Waals surface area (Å²) >= 11 is 0. The van der Waals surface area contributed by atoms with Gasteiger partial charge in [-0.25, -0.2) is 13.4 Å². The molecule has 4 aromatic rings. The van der Waals surface area contributed by atoms with Gasteiger partial charge in [-0.15, -0.1) is 0 Å². The number of hydrogen-bond acceptors (Lipinski definition) is 6.